The first-order valence-corrected chi connectivity index (χ1v) is 7.16. The summed E-state index contributed by atoms with van der Waals surface area (Å²) >= 11 is 15.3. The summed E-state index contributed by atoms with van der Waals surface area (Å²) in [5.41, 5.74) is 1.95. The van der Waals surface area contributed by atoms with Crippen LogP contribution in [0.4, 0.5) is 0 Å². The summed E-state index contributed by atoms with van der Waals surface area (Å²) in [4.78, 5) is 4.27. The quantitative estimate of drug-likeness (QED) is 0.706. The second kappa shape index (κ2) is 5.16. The Morgan fingerprint density at radius 1 is 1.16 bits per heavy atom. The van der Waals surface area contributed by atoms with Gasteiger partial charge in [-0.3, -0.25) is 0 Å². The molecule has 0 N–H and O–H groups in total. The van der Waals surface area contributed by atoms with E-state index in [1.54, 1.807) is 18.3 Å². The van der Waals surface area contributed by atoms with Crippen LogP contribution < -0.4 is 4.74 Å². The molecule has 0 radical (unpaired) electrons. The summed E-state index contributed by atoms with van der Waals surface area (Å²) in [5, 5.41) is 1.04. The maximum Gasteiger partial charge on any atom is 0.222 e. The fourth-order valence-electron chi connectivity index (χ4n) is 1.88. The number of aromatic nitrogens is 1. The molecule has 0 bridgehead atoms. The van der Waals surface area contributed by atoms with Crippen molar-refractivity contribution in [1.29, 1.82) is 0 Å². The van der Waals surface area contributed by atoms with Gasteiger partial charge in [0.1, 0.15) is 5.76 Å². The standard InChI is InChI=1S/C14H8BrCl2NO/c15-10-5-9-2-4-13(19-14(9)18-7-10)8-1-3-11(16)12(17)6-8/h1,3-7H,2H2. The Labute approximate surface area is 129 Å². The number of allylic oxidation sites excluding steroid dienone is 1. The Morgan fingerprint density at radius 3 is 2.79 bits per heavy atom. The maximum absolute atomic E-state index is 6.02. The molecule has 0 aliphatic carbocycles. The van der Waals surface area contributed by atoms with Gasteiger partial charge in [-0.1, -0.05) is 23.2 Å². The highest BCUT2D eigenvalue weighted by atomic mass is 79.9. The van der Waals surface area contributed by atoms with Crippen LogP contribution in [0.15, 0.2) is 41.0 Å². The number of fused-ring (bicyclic) bond motifs is 1. The summed E-state index contributed by atoms with van der Waals surface area (Å²) in [5.74, 6) is 1.38. The summed E-state index contributed by atoms with van der Waals surface area (Å²) in [6, 6.07) is 7.43. The molecule has 0 saturated carbocycles. The smallest absolute Gasteiger partial charge is 0.222 e. The van der Waals surface area contributed by atoms with E-state index in [1.165, 1.54) is 0 Å². The van der Waals surface area contributed by atoms with Crippen molar-refractivity contribution < 1.29 is 4.74 Å². The first kappa shape index (κ1) is 13.0. The van der Waals surface area contributed by atoms with Crippen molar-refractivity contribution in [2.24, 2.45) is 0 Å². The van der Waals surface area contributed by atoms with Gasteiger partial charge in [0, 0.05) is 21.8 Å². The monoisotopic (exact) mass is 355 g/mol. The number of ether oxygens (including phenoxy) is 1. The Balaban J connectivity index is 1.94. The van der Waals surface area contributed by atoms with E-state index in [0.717, 1.165) is 27.8 Å². The third-order valence-electron chi connectivity index (χ3n) is 2.81. The van der Waals surface area contributed by atoms with Crippen LogP contribution >= 0.6 is 39.1 Å². The van der Waals surface area contributed by atoms with Crippen molar-refractivity contribution in [3.05, 3.63) is 62.2 Å². The van der Waals surface area contributed by atoms with E-state index in [2.05, 4.69) is 20.9 Å². The van der Waals surface area contributed by atoms with E-state index in [4.69, 9.17) is 27.9 Å². The minimum absolute atomic E-state index is 0.512. The molecule has 1 aromatic heterocycles. The van der Waals surface area contributed by atoms with Crippen LogP contribution in [-0.4, -0.2) is 4.98 Å². The molecule has 0 saturated heterocycles. The normalized spacial score (nSPS) is 13.5. The maximum atomic E-state index is 6.02. The number of hydrogen-bond donors (Lipinski definition) is 0. The molecule has 0 spiro atoms. The number of pyridine rings is 1. The van der Waals surface area contributed by atoms with Crippen molar-refractivity contribution in [2.75, 3.05) is 0 Å². The number of hydrogen-bond acceptors (Lipinski definition) is 2. The van der Waals surface area contributed by atoms with E-state index < -0.39 is 0 Å². The molecule has 0 atom stereocenters. The van der Waals surface area contributed by atoms with Crippen molar-refractivity contribution in [3.63, 3.8) is 0 Å². The summed E-state index contributed by atoms with van der Waals surface area (Å²) in [6.07, 6.45) is 4.50. The van der Waals surface area contributed by atoms with E-state index >= 15 is 0 Å². The lowest BCUT2D eigenvalue weighted by atomic mass is 10.1. The first-order valence-electron chi connectivity index (χ1n) is 5.61. The predicted molar refractivity (Wildman–Crippen MR) is 80.7 cm³/mol. The van der Waals surface area contributed by atoms with Crippen molar-refractivity contribution >= 4 is 44.9 Å². The highest BCUT2D eigenvalue weighted by molar-refractivity contribution is 9.10. The molecule has 3 rings (SSSR count). The van der Waals surface area contributed by atoms with Crippen LogP contribution in [0.5, 0.6) is 5.88 Å². The van der Waals surface area contributed by atoms with Gasteiger partial charge in [0.05, 0.1) is 10.0 Å². The molecule has 96 valence electrons. The highest BCUT2D eigenvalue weighted by Crippen LogP contribution is 2.32. The first-order chi connectivity index (χ1) is 9.13. The molecule has 2 heterocycles. The third-order valence-corrected chi connectivity index (χ3v) is 3.98. The van der Waals surface area contributed by atoms with Crippen molar-refractivity contribution in [2.45, 2.75) is 6.42 Å². The summed E-state index contributed by atoms with van der Waals surface area (Å²) in [6.45, 7) is 0. The van der Waals surface area contributed by atoms with Crippen LogP contribution in [0.25, 0.3) is 5.76 Å². The van der Waals surface area contributed by atoms with Crippen LogP contribution in [0.3, 0.4) is 0 Å². The van der Waals surface area contributed by atoms with Crippen molar-refractivity contribution in [1.82, 2.24) is 4.98 Å². The minimum atomic E-state index is 0.512. The Hall–Kier alpha value is -1.03. The fourth-order valence-corrected chi connectivity index (χ4v) is 2.56. The van der Waals surface area contributed by atoms with Gasteiger partial charge in [-0.05, 0) is 52.7 Å². The molecule has 2 aromatic rings. The summed E-state index contributed by atoms with van der Waals surface area (Å²) in [7, 11) is 0. The molecule has 1 aliphatic heterocycles. The zero-order chi connectivity index (χ0) is 13.4. The molecule has 2 nitrogen and oxygen atoms in total. The molecule has 1 aliphatic rings. The average Bonchev–Trinajstić information content (AvgIpc) is 2.41. The molecule has 0 fully saturated rings. The molecular formula is C14H8BrCl2NO. The Kier molecular flexibility index (Phi) is 3.52. The zero-order valence-corrected chi connectivity index (χ0v) is 12.8. The fraction of sp³-hybridized carbons (Fsp3) is 0.0714. The van der Waals surface area contributed by atoms with Crippen LogP contribution in [0.1, 0.15) is 11.1 Å². The van der Waals surface area contributed by atoms with Crippen LogP contribution in [0, 0.1) is 0 Å². The lowest BCUT2D eigenvalue weighted by molar-refractivity contribution is 0.477. The lowest BCUT2D eigenvalue weighted by Gasteiger charge is -2.17. The second-order valence-electron chi connectivity index (χ2n) is 4.12. The molecular weight excluding hydrogens is 349 g/mol. The van der Waals surface area contributed by atoms with Gasteiger partial charge >= 0.3 is 0 Å². The Morgan fingerprint density at radius 2 is 2.00 bits per heavy atom. The largest absolute Gasteiger partial charge is 0.438 e. The van der Waals surface area contributed by atoms with E-state index in [1.807, 2.05) is 18.2 Å². The van der Waals surface area contributed by atoms with Crippen LogP contribution in [0.2, 0.25) is 10.0 Å². The van der Waals surface area contributed by atoms with Crippen molar-refractivity contribution in [3.8, 4) is 5.88 Å². The topological polar surface area (TPSA) is 22.1 Å². The van der Waals surface area contributed by atoms with Crippen LogP contribution in [-0.2, 0) is 6.42 Å². The van der Waals surface area contributed by atoms with Gasteiger partial charge in [-0.15, -0.1) is 0 Å². The number of halogens is 3. The minimum Gasteiger partial charge on any atom is -0.438 e. The molecule has 5 heteroatoms. The number of benzene rings is 1. The van der Waals surface area contributed by atoms with E-state index in [0.29, 0.717) is 15.9 Å². The average molecular weight is 357 g/mol. The van der Waals surface area contributed by atoms with Gasteiger partial charge in [-0.25, -0.2) is 4.98 Å². The predicted octanol–water partition coefficient (Wildman–Crippen LogP) is 5.13. The zero-order valence-electron chi connectivity index (χ0n) is 9.66. The number of nitrogens with zero attached hydrogens (tertiary/aromatic N) is 1. The highest BCUT2D eigenvalue weighted by Gasteiger charge is 2.16. The number of rotatable bonds is 1. The van der Waals surface area contributed by atoms with Gasteiger partial charge in [0.2, 0.25) is 5.88 Å². The summed E-state index contributed by atoms with van der Waals surface area (Å²) < 4.78 is 6.74. The lowest BCUT2D eigenvalue weighted by Crippen LogP contribution is -2.05. The molecule has 0 amide bonds. The molecule has 19 heavy (non-hydrogen) atoms. The van der Waals surface area contributed by atoms with E-state index in [-0.39, 0.29) is 0 Å². The van der Waals surface area contributed by atoms with Gasteiger partial charge in [0.25, 0.3) is 0 Å². The third kappa shape index (κ3) is 2.64. The Bertz CT molecular complexity index is 685. The SMILES string of the molecule is Clc1ccc(C2=CCc3cc(Br)cnc3O2)cc1Cl. The molecule has 1 aromatic carbocycles. The van der Waals surface area contributed by atoms with Gasteiger partial charge in [-0.2, -0.15) is 0 Å². The van der Waals surface area contributed by atoms with Gasteiger partial charge < -0.3 is 4.74 Å². The second-order valence-corrected chi connectivity index (χ2v) is 5.85. The van der Waals surface area contributed by atoms with E-state index in [9.17, 15) is 0 Å². The van der Waals surface area contributed by atoms with Gasteiger partial charge in [0.15, 0.2) is 0 Å². The molecule has 0 unspecified atom stereocenters.